The van der Waals surface area contributed by atoms with Gasteiger partial charge in [0.2, 0.25) is 0 Å². The molecule has 3 N–H and O–H groups in total. The van der Waals surface area contributed by atoms with Crippen LogP contribution in [0.25, 0.3) is 11.4 Å². The number of aromatic nitrogens is 3. The second-order valence-electron chi connectivity index (χ2n) is 6.16. The summed E-state index contributed by atoms with van der Waals surface area (Å²) in [7, 11) is 0. The molecule has 2 heterocycles. The minimum absolute atomic E-state index is 0.0571. The fourth-order valence-electron chi connectivity index (χ4n) is 2.87. The molecule has 0 saturated heterocycles. The van der Waals surface area contributed by atoms with Gasteiger partial charge in [0, 0.05) is 23.0 Å². The second kappa shape index (κ2) is 6.50. The van der Waals surface area contributed by atoms with E-state index in [0.29, 0.717) is 11.4 Å². The van der Waals surface area contributed by atoms with Crippen LogP contribution in [0.5, 0.6) is 0 Å². The van der Waals surface area contributed by atoms with Crippen LogP contribution < -0.4 is 10.9 Å². The number of nitrogens with zero attached hydrogens (tertiary/aromatic N) is 2. The van der Waals surface area contributed by atoms with Crippen molar-refractivity contribution in [2.45, 2.75) is 51.7 Å². The van der Waals surface area contributed by atoms with Gasteiger partial charge in [-0.2, -0.15) is 0 Å². The normalized spacial score (nSPS) is 21.2. The lowest BCUT2D eigenvalue weighted by Crippen LogP contribution is -2.36. The molecule has 2 aromatic rings. The van der Waals surface area contributed by atoms with Crippen LogP contribution in [0.2, 0.25) is 0 Å². The smallest absolute Gasteiger partial charge is 0.254 e. The van der Waals surface area contributed by atoms with Gasteiger partial charge < -0.3 is 15.4 Å². The van der Waals surface area contributed by atoms with Gasteiger partial charge in [-0.05, 0) is 38.8 Å². The average molecular weight is 314 g/mol. The standard InChI is InChI=1S/C17H22N4O2/c1-10-11(2)19-16(21-17(10)23)12-7-8-15(18-9-12)20-13-5-3-4-6-14(13)22/h7-9,13-14,22H,3-6H2,1-2H3,(H,18,20)(H,19,21,23)/t13-,14-/m0/s1. The Kier molecular flexibility index (Phi) is 4.43. The van der Waals surface area contributed by atoms with Gasteiger partial charge in [-0.1, -0.05) is 12.8 Å². The molecule has 0 aliphatic heterocycles. The highest BCUT2D eigenvalue weighted by atomic mass is 16.3. The molecule has 0 radical (unpaired) electrons. The van der Waals surface area contributed by atoms with Crippen LogP contribution in [0.4, 0.5) is 5.82 Å². The molecular formula is C17H22N4O2. The van der Waals surface area contributed by atoms with Crippen molar-refractivity contribution >= 4 is 5.82 Å². The van der Waals surface area contributed by atoms with Crippen molar-refractivity contribution in [2.24, 2.45) is 0 Å². The molecule has 0 aromatic carbocycles. The Morgan fingerprint density at radius 1 is 1.26 bits per heavy atom. The van der Waals surface area contributed by atoms with E-state index in [0.717, 1.165) is 42.8 Å². The van der Waals surface area contributed by atoms with Crippen LogP contribution in [-0.4, -0.2) is 32.2 Å². The zero-order valence-electron chi connectivity index (χ0n) is 13.5. The average Bonchev–Trinajstić information content (AvgIpc) is 2.55. The molecule has 1 saturated carbocycles. The highest BCUT2D eigenvalue weighted by Gasteiger charge is 2.22. The number of anilines is 1. The summed E-state index contributed by atoms with van der Waals surface area (Å²) in [5.74, 6) is 1.25. The number of pyridine rings is 1. The molecular weight excluding hydrogens is 292 g/mol. The lowest BCUT2D eigenvalue weighted by molar-refractivity contribution is 0.116. The van der Waals surface area contributed by atoms with Crippen molar-refractivity contribution in [3.8, 4) is 11.4 Å². The van der Waals surface area contributed by atoms with Crippen molar-refractivity contribution in [3.63, 3.8) is 0 Å². The minimum atomic E-state index is -0.317. The molecule has 0 unspecified atom stereocenters. The SMILES string of the molecule is Cc1nc(-c2ccc(N[C@H]3CCCC[C@@H]3O)nc2)[nH]c(=O)c1C. The third-order valence-electron chi connectivity index (χ3n) is 4.49. The van der Waals surface area contributed by atoms with Crippen LogP contribution in [0.15, 0.2) is 23.1 Å². The molecule has 0 amide bonds. The van der Waals surface area contributed by atoms with Gasteiger partial charge in [0.25, 0.3) is 5.56 Å². The van der Waals surface area contributed by atoms with E-state index in [-0.39, 0.29) is 17.7 Å². The highest BCUT2D eigenvalue weighted by Crippen LogP contribution is 2.22. The number of aliphatic hydroxyl groups is 1. The third-order valence-corrected chi connectivity index (χ3v) is 4.49. The molecule has 1 fully saturated rings. The Balaban J connectivity index is 1.78. The molecule has 2 aromatic heterocycles. The molecule has 23 heavy (non-hydrogen) atoms. The summed E-state index contributed by atoms with van der Waals surface area (Å²) in [6, 6.07) is 3.78. The first-order chi connectivity index (χ1) is 11.0. The maximum atomic E-state index is 11.8. The van der Waals surface area contributed by atoms with Crippen molar-refractivity contribution < 1.29 is 5.11 Å². The van der Waals surface area contributed by atoms with Crippen molar-refractivity contribution in [2.75, 3.05) is 5.32 Å². The number of hydrogen-bond acceptors (Lipinski definition) is 5. The number of rotatable bonds is 3. The molecule has 2 atom stereocenters. The fraction of sp³-hybridized carbons (Fsp3) is 0.471. The number of aromatic amines is 1. The van der Waals surface area contributed by atoms with E-state index >= 15 is 0 Å². The van der Waals surface area contributed by atoms with Crippen LogP contribution >= 0.6 is 0 Å². The minimum Gasteiger partial charge on any atom is -0.391 e. The summed E-state index contributed by atoms with van der Waals surface area (Å²) in [5.41, 5.74) is 1.99. The summed E-state index contributed by atoms with van der Waals surface area (Å²) in [6.07, 6.45) is 5.37. The maximum absolute atomic E-state index is 11.8. The Morgan fingerprint density at radius 3 is 2.70 bits per heavy atom. The number of hydrogen-bond donors (Lipinski definition) is 3. The summed E-state index contributed by atoms with van der Waals surface area (Å²) in [5, 5.41) is 13.3. The highest BCUT2D eigenvalue weighted by molar-refractivity contribution is 5.56. The Bertz CT molecular complexity index is 739. The Labute approximate surface area is 135 Å². The molecule has 3 rings (SSSR count). The lowest BCUT2D eigenvalue weighted by atomic mass is 9.92. The van der Waals surface area contributed by atoms with Gasteiger partial charge in [0.05, 0.1) is 12.1 Å². The summed E-state index contributed by atoms with van der Waals surface area (Å²) in [4.78, 5) is 23.4. The van der Waals surface area contributed by atoms with Gasteiger partial charge >= 0.3 is 0 Å². The van der Waals surface area contributed by atoms with Crippen LogP contribution in [-0.2, 0) is 0 Å². The lowest BCUT2D eigenvalue weighted by Gasteiger charge is -2.28. The Morgan fingerprint density at radius 2 is 2.04 bits per heavy atom. The number of aliphatic hydroxyl groups excluding tert-OH is 1. The van der Waals surface area contributed by atoms with E-state index in [2.05, 4.69) is 20.3 Å². The van der Waals surface area contributed by atoms with Crippen LogP contribution in [0.3, 0.4) is 0 Å². The van der Waals surface area contributed by atoms with E-state index in [4.69, 9.17) is 0 Å². The van der Waals surface area contributed by atoms with Gasteiger partial charge in [0.1, 0.15) is 11.6 Å². The molecule has 0 bridgehead atoms. The summed E-state index contributed by atoms with van der Waals surface area (Å²) >= 11 is 0. The topological polar surface area (TPSA) is 90.9 Å². The predicted octanol–water partition coefficient (Wildman–Crippen LogP) is 2.16. The molecule has 1 aliphatic carbocycles. The third kappa shape index (κ3) is 3.42. The van der Waals surface area contributed by atoms with E-state index in [9.17, 15) is 9.90 Å². The van der Waals surface area contributed by atoms with Crippen LogP contribution in [0, 0.1) is 13.8 Å². The van der Waals surface area contributed by atoms with E-state index in [1.54, 1.807) is 13.1 Å². The van der Waals surface area contributed by atoms with Crippen molar-refractivity contribution in [3.05, 3.63) is 39.9 Å². The fourth-order valence-corrected chi connectivity index (χ4v) is 2.87. The summed E-state index contributed by atoms with van der Waals surface area (Å²) < 4.78 is 0. The van der Waals surface area contributed by atoms with Crippen molar-refractivity contribution in [1.82, 2.24) is 15.0 Å². The molecule has 6 nitrogen and oxygen atoms in total. The Hall–Kier alpha value is -2.21. The molecule has 1 aliphatic rings. The number of H-pyrrole nitrogens is 1. The zero-order chi connectivity index (χ0) is 16.4. The maximum Gasteiger partial charge on any atom is 0.254 e. The zero-order valence-corrected chi connectivity index (χ0v) is 13.5. The van der Waals surface area contributed by atoms with E-state index in [1.807, 2.05) is 19.1 Å². The quantitative estimate of drug-likeness (QED) is 0.807. The molecule has 0 spiro atoms. The second-order valence-corrected chi connectivity index (χ2v) is 6.16. The van der Waals surface area contributed by atoms with Gasteiger partial charge in [-0.15, -0.1) is 0 Å². The van der Waals surface area contributed by atoms with Gasteiger partial charge in [-0.25, -0.2) is 9.97 Å². The predicted molar refractivity (Wildman–Crippen MR) is 89.4 cm³/mol. The number of aryl methyl sites for hydroxylation is 1. The first-order valence-electron chi connectivity index (χ1n) is 8.03. The summed E-state index contributed by atoms with van der Waals surface area (Å²) in [6.45, 7) is 3.58. The van der Waals surface area contributed by atoms with Crippen molar-refractivity contribution in [1.29, 1.82) is 0 Å². The van der Waals surface area contributed by atoms with Gasteiger partial charge in [-0.3, -0.25) is 4.79 Å². The van der Waals surface area contributed by atoms with E-state index in [1.165, 1.54) is 0 Å². The first-order valence-corrected chi connectivity index (χ1v) is 8.03. The largest absolute Gasteiger partial charge is 0.391 e. The molecule has 6 heteroatoms. The molecule has 122 valence electrons. The van der Waals surface area contributed by atoms with Crippen LogP contribution in [0.1, 0.15) is 36.9 Å². The number of nitrogens with one attached hydrogen (secondary N) is 2. The first kappa shape index (κ1) is 15.7. The van der Waals surface area contributed by atoms with Gasteiger partial charge in [0.15, 0.2) is 0 Å². The van der Waals surface area contributed by atoms with E-state index < -0.39 is 0 Å². The monoisotopic (exact) mass is 314 g/mol.